The number of furan rings is 1. The van der Waals surface area contributed by atoms with Gasteiger partial charge in [0.1, 0.15) is 17.3 Å². The Kier molecular flexibility index (Phi) is 9.80. The van der Waals surface area contributed by atoms with E-state index in [1.54, 1.807) is 54.6 Å². The number of hydrogen-bond donors (Lipinski definition) is 2. The summed E-state index contributed by atoms with van der Waals surface area (Å²) >= 11 is 1.11. The predicted octanol–water partition coefficient (Wildman–Crippen LogP) is 5.67. The van der Waals surface area contributed by atoms with Crippen molar-refractivity contribution >= 4 is 46.7 Å². The number of ether oxygens (including phenoxy) is 3. The Morgan fingerprint density at radius 3 is 2.47 bits per heavy atom. The van der Waals surface area contributed by atoms with E-state index in [0.29, 0.717) is 38.4 Å². The molecule has 1 aliphatic rings. The van der Waals surface area contributed by atoms with Gasteiger partial charge in [-0.15, -0.1) is 5.10 Å². The number of nitrogens with zero attached hydrogens (tertiary/aromatic N) is 3. The van der Waals surface area contributed by atoms with Gasteiger partial charge in [-0.2, -0.15) is 5.10 Å². The first kappa shape index (κ1) is 30.9. The van der Waals surface area contributed by atoms with Gasteiger partial charge in [0.15, 0.2) is 23.3 Å². The van der Waals surface area contributed by atoms with E-state index in [1.165, 1.54) is 55.9 Å². The van der Waals surface area contributed by atoms with Crippen LogP contribution in [0.4, 0.5) is 10.1 Å². The van der Waals surface area contributed by atoms with Crippen LogP contribution in [0.15, 0.2) is 98.6 Å². The van der Waals surface area contributed by atoms with Crippen molar-refractivity contribution in [3.63, 3.8) is 0 Å². The van der Waals surface area contributed by atoms with E-state index < -0.39 is 11.7 Å². The zero-order chi connectivity index (χ0) is 31.8. The highest BCUT2D eigenvalue weighted by Crippen LogP contribution is 2.37. The monoisotopic (exact) mass is 630 g/mol. The average molecular weight is 631 g/mol. The maximum atomic E-state index is 13.6. The standard InChI is InChI=1S/C32H27FN4O7S/c1-41-26-14-20(15-27(42-2)30(26)39)17-34-36-32-37(18-24-7-5-13-43-24)31(40)28(45-32)16-21-6-3-4-8-25(21)44-19-29(38)35-23-11-9-22(33)10-12-23/h3-17,39H,18-19H2,1-2H3,(H,35,38)/b28-16-,34-17+,36-32-. The summed E-state index contributed by atoms with van der Waals surface area (Å²) in [6.07, 6.45) is 4.60. The van der Waals surface area contributed by atoms with Crippen LogP contribution in [0.25, 0.3) is 6.08 Å². The highest BCUT2D eigenvalue weighted by atomic mass is 32.2. The molecule has 1 saturated heterocycles. The molecule has 13 heteroatoms. The molecule has 5 rings (SSSR count). The molecule has 0 bridgehead atoms. The van der Waals surface area contributed by atoms with E-state index in [9.17, 15) is 19.1 Å². The van der Waals surface area contributed by atoms with Crippen LogP contribution in [0, 0.1) is 5.82 Å². The first-order chi connectivity index (χ1) is 21.8. The zero-order valence-electron chi connectivity index (χ0n) is 24.1. The van der Waals surface area contributed by atoms with E-state index in [2.05, 4.69) is 15.5 Å². The number of phenolic OH excluding ortho intramolecular Hbond substituents is 1. The van der Waals surface area contributed by atoms with Crippen molar-refractivity contribution in [2.45, 2.75) is 6.54 Å². The molecule has 0 unspecified atom stereocenters. The quantitative estimate of drug-likeness (QED) is 0.123. The van der Waals surface area contributed by atoms with Crippen molar-refractivity contribution in [1.29, 1.82) is 0 Å². The second kappa shape index (κ2) is 14.3. The maximum absolute atomic E-state index is 13.6. The molecule has 2 amide bonds. The number of para-hydroxylation sites is 1. The summed E-state index contributed by atoms with van der Waals surface area (Å²) in [6, 6.07) is 19.0. The normalized spacial score (nSPS) is 14.8. The van der Waals surface area contributed by atoms with Crippen LogP contribution >= 0.6 is 11.8 Å². The largest absolute Gasteiger partial charge is 0.502 e. The maximum Gasteiger partial charge on any atom is 0.267 e. The van der Waals surface area contributed by atoms with Crippen molar-refractivity contribution < 1.29 is 37.7 Å². The lowest BCUT2D eigenvalue weighted by Gasteiger charge is -2.13. The summed E-state index contributed by atoms with van der Waals surface area (Å²) in [5.41, 5.74) is 1.54. The van der Waals surface area contributed by atoms with Crippen LogP contribution in [0.5, 0.6) is 23.0 Å². The van der Waals surface area contributed by atoms with Crippen molar-refractivity contribution in [3.05, 3.63) is 107 Å². The highest BCUT2D eigenvalue weighted by Gasteiger charge is 2.34. The lowest BCUT2D eigenvalue weighted by atomic mass is 10.2. The highest BCUT2D eigenvalue weighted by molar-refractivity contribution is 8.18. The summed E-state index contributed by atoms with van der Waals surface area (Å²) in [5, 5.41) is 21.6. The number of methoxy groups -OCH3 is 2. The Morgan fingerprint density at radius 1 is 1.04 bits per heavy atom. The first-order valence-corrected chi connectivity index (χ1v) is 14.2. The number of amides is 2. The second-order valence-corrected chi connectivity index (χ2v) is 10.4. The van der Waals surface area contributed by atoms with Gasteiger partial charge < -0.3 is 29.1 Å². The number of nitrogens with one attached hydrogen (secondary N) is 1. The fourth-order valence-electron chi connectivity index (χ4n) is 4.16. The summed E-state index contributed by atoms with van der Waals surface area (Å²) in [6.45, 7) is -0.190. The van der Waals surface area contributed by atoms with Gasteiger partial charge >= 0.3 is 0 Å². The molecule has 1 fully saturated rings. The zero-order valence-corrected chi connectivity index (χ0v) is 24.9. The molecule has 1 aromatic heterocycles. The SMILES string of the molecule is COc1cc(/C=N/N=C2\S/C(=C\c3ccccc3OCC(=O)Nc3ccc(F)cc3)C(=O)N2Cc2ccco2)cc(OC)c1O. The number of thioether (sulfide) groups is 1. The fourth-order valence-corrected chi connectivity index (χ4v) is 5.09. The number of benzene rings is 3. The van der Waals surface area contributed by atoms with Gasteiger partial charge in [0.2, 0.25) is 5.75 Å². The molecular weight excluding hydrogens is 603 g/mol. The van der Waals surface area contributed by atoms with Crippen molar-refractivity contribution in [1.82, 2.24) is 4.90 Å². The van der Waals surface area contributed by atoms with E-state index >= 15 is 0 Å². The van der Waals surface area contributed by atoms with Crippen LogP contribution in [0.2, 0.25) is 0 Å². The van der Waals surface area contributed by atoms with E-state index in [-0.39, 0.29) is 36.3 Å². The van der Waals surface area contributed by atoms with Crippen LogP contribution in [-0.4, -0.2) is 54.0 Å². The Hall–Kier alpha value is -5.56. The Bertz CT molecular complexity index is 1750. The van der Waals surface area contributed by atoms with Crippen molar-refractivity contribution in [2.75, 3.05) is 26.1 Å². The number of aromatic hydroxyl groups is 1. The fraction of sp³-hybridized carbons (Fsp3) is 0.125. The molecule has 2 N–H and O–H groups in total. The third-order valence-electron chi connectivity index (χ3n) is 6.33. The van der Waals surface area contributed by atoms with Crippen LogP contribution in [-0.2, 0) is 16.1 Å². The number of rotatable bonds is 11. The molecule has 1 aliphatic heterocycles. The number of phenols is 1. The number of carbonyl (C=O) groups is 2. The van der Waals surface area contributed by atoms with E-state index in [0.717, 1.165) is 11.8 Å². The number of hydrogen-bond acceptors (Lipinski definition) is 10. The van der Waals surface area contributed by atoms with Gasteiger partial charge in [-0.3, -0.25) is 14.5 Å². The molecule has 3 aromatic carbocycles. The molecule has 0 radical (unpaired) electrons. The Labute approximate surface area is 261 Å². The van der Waals surface area contributed by atoms with E-state index in [1.807, 2.05) is 0 Å². The third-order valence-corrected chi connectivity index (χ3v) is 7.32. The lowest BCUT2D eigenvalue weighted by Crippen LogP contribution is -2.28. The Balaban J connectivity index is 1.36. The molecule has 11 nitrogen and oxygen atoms in total. The number of amidine groups is 1. The minimum Gasteiger partial charge on any atom is -0.502 e. The van der Waals surface area contributed by atoms with Crippen molar-refractivity contribution in [3.8, 4) is 23.0 Å². The topological polar surface area (TPSA) is 135 Å². The Morgan fingerprint density at radius 2 is 1.78 bits per heavy atom. The van der Waals surface area contributed by atoms with Crippen LogP contribution < -0.4 is 19.5 Å². The van der Waals surface area contributed by atoms with Gasteiger partial charge in [-0.1, -0.05) is 18.2 Å². The van der Waals surface area contributed by atoms with Crippen molar-refractivity contribution in [2.24, 2.45) is 10.2 Å². The molecule has 0 atom stereocenters. The van der Waals surface area contributed by atoms with Gasteiger partial charge in [-0.05, 0) is 72.4 Å². The second-order valence-electron chi connectivity index (χ2n) is 9.36. The summed E-state index contributed by atoms with van der Waals surface area (Å²) in [5.74, 6) is 0.0113. The van der Waals surface area contributed by atoms with Gasteiger partial charge in [0.05, 0.1) is 38.1 Å². The van der Waals surface area contributed by atoms with E-state index in [4.69, 9.17) is 18.6 Å². The lowest BCUT2D eigenvalue weighted by molar-refractivity contribution is -0.122. The molecule has 230 valence electrons. The molecule has 2 heterocycles. The average Bonchev–Trinajstić information content (AvgIpc) is 3.66. The summed E-state index contributed by atoms with van der Waals surface area (Å²) in [4.78, 5) is 27.8. The van der Waals surface area contributed by atoms with Gasteiger partial charge in [-0.25, -0.2) is 4.39 Å². The molecule has 0 saturated carbocycles. The summed E-state index contributed by atoms with van der Waals surface area (Å²) in [7, 11) is 2.84. The molecule has 0 spiro atoms. The van der Waals surface area contributed by atoms with Gasteiger partial charge in [0.25, 0.3) is 11.8 Å². The minimum atomic E-state index is -0.434. The number of halogens is 1. The van der Waals surface area contributed by atoms with Gasteiger partial charge in [0, 0.05) is 16.8 Å². The first-order valence-electron chi connectivity index (χ1n) is 13.4. The molecule has 45 heavy (non-hydrogen) atoms. The molecule has 4 aromatic rings. The van der Waals surface area contributed by atoms with Crippen LogP contribution in [0.1, 0.15) is 16.9 Å². The summed E-state index contributed by atoms with van der Waals surface area (Å²) < 4.78 is 34.8. The third kappa shape index (κ3) is 7.70. The molecular formula is C32H27FN4O7S. The number of anilines is 1. The van der Waals surface area contributed by atoms with Crippen LogP contribution in [0.3, 0.4) is 0 Å². The smallest absolute Gasteiger partial charge is 0.267 e. The predicted molar refractivity (Wildman–Crippen MR) is 168 cm³/mol. The molecule has 0 aliphatic carbocycles. The minimum absolute atomic E-state index is 0.118. The number of carbonyl (C=O) groups excluding carboxylic acids is 2.